The van der Waals surface area contributed by atoms with Gasteiger partial charge in [0.2, 0.25) is 10.0 Å². The van der Waals surface area contributed by atoms with Gasteiger partial charge < -0.3 is 4.74 Å². The fourth-order valence-electron chi connectivity index (χ4n) is 1.74. The predicted molar refractivity (Wildman–Crippen MR) is 75.1 cm³/mol. The topological polar surface area (TPSA) is 101 Å². The van der Waals surface area contributed by atoms with Crippen LogP contribution in [0.4, 0.5) is 0 Å². The zero-order valence-corrected chi connectivity index (χ0v) is 12.4. The van der Waals surface area contributed by atoms with Crippen LogP contribution in [-0.4, -0.2) is 31.7 Å². The second-order valence-electron chi connectivity index (χ2n) is 4.37. The molecule has 7 nitrogen and oxygen atoms in total. The average molecular weight is 309 g/mol. The van der Waals surface area contributed by atoms with E-state index in [0.717, 1.165) is 5.56 Å². The van der Waals surface area contributed by atoms with Crippen LogP contribution in [0, 0.1) is 6.92 Å². The Morgan fingerprint density at radius 2 is 2.00 bits per heavy atom. The molecule has 112 valence electrons. The SMILES string of the molecule is COC(=O)c1ccc(CNS(=O)(=O)c2cn[nH]c2C)cc1. The fraction of sp³-hybridized carbons (Fsp3) is 0.231. The number of nitrogens with zero attached hydrogens (tertiary/aromatic N) is 1. The molecule has 8 heteroatoms. The summed E-state index contributed by atoms with van der Waals surface area (Å²) in [4.78, 5) is 11.4. The van der Waals surface area contributed by atoms with Crippen molar-refractivity contribution in [3.63, 3.8) is 0 Å². The van der Waals surface area contributed by atoms with Gasteiger partial charge in [0.1, 0.15) is 4.90 Å². The van der Waals surface area contributed by atoms with Crippen molar-refractivity contribution in [2.24, 2.45) is 0 Å². The van der Waals surface area contributed by atoms with Crippen LogP contribution in [0.25, 0.3) is 0 Å². The Labute approximate surface area is 122 Å². The Kier molecular flexibility index (Phi) is 4.39. The summed E-state index contributed by atoms with van der Waals surface area (Å²) in [6.07, 6.45) is 1.26. The summed E-state index contributed by atoms with van der Waals surface area (Å²) in [5.41, 5.74) is 1.62. The van der Waals surface area contributed by atoms with E-state index in [-0.39, 0.29) is 11.4 Å². The van der Waals surface area contributed by atoms with Gasteiger partial charge in [-0.15, -0.1) is 0 Å². The lowest BCUT2D eigenvalue weighted by Gasteiger charge is -2.06. The molecule has 0 atom stereocenters. The minimum absolute atomic E-state index is 0.119. The number of rotatable bonds is 5. The maximum Gasteiger partial charge on any atom is 0.337 e. The first-order valence-electron chi connectivity index (χ1n) is 6.11. The first-order valence-corrected chi connectivity index (χ1v) is 7.59. The van der Waals surface area contributed by atoms with Gasteiger partial charge in [0, 0.05) is 6.54 Å². The van der Waals surface area contributed by atoms with Crippen molar-refractivity contribution < 1.29 is 17.9 Å². The van der Waals surface area contributed by atoms with Crippen molar-refractivity contribution >= 4 is 16.0 Å². The number of carbonyl (C=O) groups excluding carboxylic acids is 1. The van der Waals surface area contributed by atoms with Gasteiger partial charge in [-0.05, 0) is 24.6 Å². The van der Waals surface area contributed by atoms with Crippen LogP contribution in [-0.2, 0) is 21.3 Å². The minimum Gasteiger partial charge on any atom is -0.465 e. The van der Waals surface area contributed by atoms with Gasteiger partial charge in [-0.2, -0.15) is 5.10 Å². The lowest BCUT2D eigenvalue weighted by Crippen LogP contribution is -2.23. The van der Waals surface area contributed by atoms with E-state index in [1.807, 2.05) is 0 Å². The van der Waals surface area contributed by atoms with E-state index in [1.54, 1.807) is 31.2 Å². The van der Waals surface area contributed by atoms with Gasteiger partial charge in [0.05, 0.1) is 24.6 Å². The lowest BCUT2D eigenvalue weighted by molar-refractivity contribution is 0.0600. The van der Waals surface area contributed by atoms with E-state index in [0.29, 0.717) is 11.3 Å². The third kappa shape index (κ3) is 3.47. The predicted octanol–water partition coefficient (Wildman–Crippen LogP) is 0.983. The third-order valence-electron chi connectivity index (χ3n) is 2.91. The molecule has 2 aromatic rings. The molecule has 0 saturated carbocycles. The summed E-state index contributed by atoms with van der Waals surface area (Å²) >= 11 is 0. The van der Waals surface area contributed by atoms with Crippen LogP contribution in [0.1, 0.15) is 21.6 Å². The van der Waals surface area contributed by atoms with Crippen molar-refractivity contribution in [3.8, 4) is 0 Å². The summed E-state index contributed by atoms with van der Waals surface area (Å²) in [5, 5.41) is 6.27. The molecule has 0 aliphatic carbocycles. The van der Waals surface area contributed by atoms with Crippen molar-refractivity contribution in [2.45, 2.75) is 18.4 Å². The van der Waals surface area contributed by atoms with Crippen LogP contribution in [0.5, 0.6) is 0 Å². The third-order valence-corrected chi connectivity index (χ3v) is 4.43. The molecular formula is C13H15N3O4S. The van der Waals surface area contributed by atoms with Gasteiger partial charge in [-0.25, -0.2) is 17.9 Å². The monoisotopic (exact) mass is 309 g/mol. The molecule has 2 N–H and O–H groups in total. The summed E-state index contributed by atoms with van der Waals surface area (Å²) in [7, 11) is -2.31. The van der Waals surface area contributed by atoms with E-state index >= 15 is 0 Å². The average Bonchev–Trinajstić information content (AvgIpc) is 2.92. The fourth-order valence-corrected chi connectivity index (χ4v) is 2.90. The number of nitrogens with one attached hydrogen (secondary N) is 2. The number of hydrogen-bond acceptors (Lipinski definition) is 5. The normalized spacial score (nSPS) is 11.3. The van der Waals surface area contributed by atoms with Gasteiger partial charge in [-0.3, -0.25) is 5.10 Å². The highest BCUT2D eigenvalue weighted by molar-refractivity contribution is 7.89. The molecular weight excluding hydrogens is 294 g/mol. The van der Waals surface area contributed by atoms with Crippen LogP contribution in [0.3, 0.4) is 0 Å². The quantitative estimate of drug-likeness (QED) is 0.802. The Bertz CT molecular complexity index is 735. The van der Waals surface area contributed by atoms with Crippen molar-refractivity contribution in [3.05, 3.63) is 47.3 Å². The molecule has 1 heterocycles. The highest BCUT2D eigenvalue weighted by atomic mass is 32.2. The molecule has 0 spiro atoms. The summed E-state index contributed by atoms with van der Waals surface area (Å²) < 4.78 is 31.2. The largest absolute Gasteiger partial charge is 0.465 e. The highest BCUT2D eigenvalue weighted by Crippen LogP contribution is 2.12. The first kappa shape index (κ1) is 15.2. The molecule has 0 aliphatic heterocycles. The van der Waals surface area contributed by atoms with Crippen LogP contribution in [0.2, 0.25) is 0 Å². The van der Waals surface area contributed by atoms with Gasteiger partial charge in [0.15, 0.2) is 0 Å². The Morgan fingerprint density at radius 1 is 1.33 bits per heavy atom. The number of aryl methyl sites for hydroxylation is 1. The van der Waals surface area contributed by atoms with Crippen molar-refractivity contribution in [1.29, 1.82) is 0 Å². The van der Waals surface area contributed by atoms with Crippen LogP contribution >= 0.6 is 0 Å². The molecule has 0 radical (unpaired) electrons. The van der Waals surface area contributed by atoms with Crippen molar-refractivity contribution in [1.82, 2.24) is 14.9 Å². The second kappa shape index (κ2) is 6.06. The second-order valence-corrected chi connectivity index (χ2v) is 6.11. The van der Waals surface area contributed by atoms with Crippen LogP contribution in [0.15, 0.2) is 35.4 Å². The molecule has 0 saturated heterocycles. The molecule has 0 aliphatic rings. The van der Waals surface area contributed by atoms with E-state index in [9.17, 15) is 13.2 Å². The molecule has 0 unspecified atom stereocenters. The van der Waals surface area contributed by atoms with Crippen molar-refractivity contribution in [2.75, 3.05) is 7.11 Å². The summed E-state index contributed by atoms with van der Waals surface area (Å²) in [5.74, 6) is -0.434. The standard InChI is InChI=1S/C13H15N3O4S/c1-9-12(8-14-16-9)21(18,19)15-7-10-3-5-11(6-4-10)13(17)20-2/h3-6,8,15H,7H2,1-2H3,(H,14,16). The number of ether oxygens (including phenoxy) is 1. The Hall–Kier alpha value is -2.19. The number of esters is 1. The number of methoxy groups -OCH3 is 1. The van der Waals surface area contributed by atoms with Gasteiger partial charge in [0.25, 0.3) is 0 Å². The van der Waals surface area contributed by atoms with E-state index < -0.39 is 16.0 Å². The zero-order valence-electron chi connectivity index (χ0n) is 11.6. The number of aromatic amines is 1. The smallest absolute Gasteiger partial charge is 0.337 e. The maximum atomic E-state index is 12.1. The van der Waals surface area contributed by atoms with E-state index in [4.69, 9.17) is 0 Å². The Balaban J connectivity index is 2.06. The molecule has 21 heavy (non-hydrogen) atoms. The van der Waals surface area contributed by atoms with Gasteiger partial charge >= 0.3 is 5.97 Å². The maximum absolute atomic E-state index is 12.1. The molecule has 1 aromatic carbocycles. The van der Waals surface area contributed by atoms with Gasteiger partial charge in [-0.1, -0.05) is 12.1 Å². The zero-order chi connectivity index (χ0) is 15.5. The molecule has 2 rings (SSSR count). The summed E-state index contributed by atoms with van der Waals surface area (Å²) in [6.45, 7) is 1.75. The number of aromatic nitrogens is 2. The molecule has 0 amide bonds. The molecule has 0 fully saturated rings. The number of carbonyl (C=O) groups is 1. The van der Waals surface area contributed by atoms with Crippen LogP contribution < -0.4 is 4.72 Å². The molecule has 1 aromatic heterocycles. The first-order chi connectivity index (χ1) is 9.94. The minimum atomic E-state index is -3.61. The highest BCUT2D eigenvalue weighted by Gasteiger charge is 2.18. The number of hydrogen-bond donors (Lipinski definition) is 2. The van der Waals surface area contributed by atoms with E-state index in [1.165, 1.54) is 13.3 Å². The van der Waals surface area contributed by atoms with E-state index in [2.05, 4.69) is 19.7 Å². The molecule has 0 bridgehead atoms. The number of H-pyrrole nitrogens is 1. The number of benzene rings is 1. The Morgan fingerprint density at radius 3 is 2.52 bits per heavy atom. The lowest BCUT2D eigenvalue weighted by atomic mass is 10.1. The number of sulfonamides is 1. The summed E-state index contributed by atoms with van der Waals surface area (Å²) in [6, 6.07) is 6.49.